The SMILES string of the molecule is Cc1ccc(N2CCN(C(C)CN)CC2=O)c(Br)c1. The number of hydrogen-bond acceptors (Lipinski definition) is 3. The lowest BCUT2D eigenvalue weighted by atomic mass is 10.1. The first-order chi connectivity index (χ1) is 9.02. The Morgan fingerprint density at radius 1 is 1.42 bits per heavy atom. The first-order valence-corrected chi connectivity index (χ1v) is 7.33. The average molecular weight is 326 g/mol. The van der Waals surface area contributed by atoms with Gasteiger partial charge in [-0.15, -0.1) is 0 Å². The van der Waals surface area contributed by atoms with Crippen LogP contribution in [0, 0.1) is 6.92 Å². The highest BCUT2D eigenvalue weighted by Crippen LogP contribution is 2.28. The molecule has 0 saturated carbocycles. The molecule has 1 aromatic rings. The quantitative estimate of drug-likeness (QED) is 0.921. The van der Waals surface area contributed by atoms with Crippen molar-refractivity contribution < 1.29 is 4.79 Å². The van der Waals surface area contributed by atoms with Gasteiger partial charge in [-0.1, -0.05) is 6.07 Å². The van der Waals surface area contributed by atoms with Crippen LogP contribution in [0.5, 0.6) is 0 Å². The van der Waals surface area contributed by atoms with Crippen molar-refractivity contribution in [3.63, 3.8) is 0 Å². The van der Waals surface area contributed by atoms with Gasteiger partial charge in [0.1, 0.15) is 0 Å². The zero-order valence-electron chi connectivity index (χ0n) is 11.4. The van der Waals surface area contributed by atoms with E-state index in [1.165, 1.54) is 5.56 Å². The fraction of sp³-hybridized carbons (Fsp3) is 0.500. The smallest absolute Gasteiger partial charge is 0.241 e. The van der Waals surface area contributed by atoms with Gasteiger partial charge in [0, 0.05) is 30.1 Å². The predicted molar refractivity (Wildman–Crippen MR) is 81.3 cm³/mol. The maximum Gasteiger partial charge on any atom is 0.241 e. The number of carbonyl (C=O) groups is 1. The van der Waals surface area contributed by atoms with Gasteiger partial charge in [0.05, 0.1) is 12.2 Å². The second-order valence-electron chi connectivity index (χ2n) is 5.06. The highest BCUT2D eigenvalue weighted by molar-refractivity contribution is 9.10. The number of amides is 1. The number of aryl methyl sites for hydroxylation is 1. The van der Waals surface area contributed by atoms with E-state index in [0.29, 0.717) is 19.6 Å². The van der Waals surface area contributed by atoms with E-state index in [2.05, 4.69) is 27.8 Å². The van der Waals surface area contributed by atoms with Crippen molar-refractivity contribution in [3.8, 4) is 0 Å². The van der Waals surface area contributed by atoms with Crippen molar-refractivity contribution >= 4 is 27.5 Å². The summed E-state index contributed by atoms with van der Waals surface area (Å²) >= 11 is 3.54. The van der Waals surface area contributed by atoms with Crippen molar-refractivity contribution in [2.24, 2.45) is 5.73 Å². The van der Waals surface area contributed by atoms with Gasteiger partial charge in [0.25, 0.3) is 0 Å². The Balaban J connectivity index is 2.14. The van der Waals surface area contributed by atoms with E-state index in [1.807, 2.05) is 30.0 Å². The third-order valence-corrected chi connectivity index (χ3v) is 4.24. The zero-order chi connectivity index (χ0) is 14.0. The molecule has 5 heteroatoms. The maximum atomic E-state index is 12.3. The minimum Gasteiger partial charge on any atom is -0.329 e. The molecule has 4 nitrogen and oxygen atoms in total. The summed E-state index contributed by atoms with van der Waals surface area (Å²) in [7, 11) is 0. The van der Waals surface area contributed by atoms with Gasteiger partial charge in [-0.2, -0.15) is 0 Å². The fourth-order valence-electron chi connectivity index (χ4n) is 2.30. The summed E-state index contributed by atoms with van der Waals surface area (Å²) in [5, 5.41) is 0. The largest absolute Gasteiger partial charge is 0.329 e. The highest BCUT2D eigenvalue weighted by Gasteiger charge is 2.28. The molecule has 1 amide bonds. The number of nitrogens with zero attached hydrogens (tertiary/aromatic N) is 2. The highest BCUT2D eigenvalue weighted by atomic mass is 79.9. The van der Waals surface area contributed by atoms with Gasteiger partial charge >= 0.3 is 0 Å². The molecule has 1 aliphatic rings. The van der Waals surface area contributed by atoms with Gasteiger partial charge < -0.3 is 10.6 Å². The van der Waals surface area contributed by atoms with Crippen molar-refractivity contribution in [2.75, 3.05) is 31.1 Å². The molecule has 1 saturated heterocycles. The van der Waals surface area contributed by atoms with Gasteiger partial charge in [-0.05, 0) is 47.5 Å². The molecule has 1 heterocycles. The number of nitrogens with two attached hydrogens (primary N) is 1. The van der Waals surface area contributed by atoms with Crippen LogP contribution in [0.15, 0.2) is 22.7 Å². The lowest BCUT2D eigenvalue weighted by molar-refractivity contribution is -0.121. The topological polar surface area (TPSA) is 49.6 Å². The second-order valence-corrected chi connectivity index (χ2v) is 5.91. The van der Waals surface area contributed by atoms with E-state index in [9.17, 15) is 4.79 Å². The summed E-state index contributed by atoms with van der Waals surface area (Å²) < 4.78 is 0.973. The maximum absolute atomic E-state index is 12.3. The molecule has 0 bridgehead atoms. The zero-order valence-corrected chi connectivity index (χ0v) is 13.0. The van der Waals surface area contributed by atoms with Crippen LogP contribution in [0.3, 0.4) is 0 Å². The number of hydrogen-bond donors (Lipinski definition) is 1. The minimum atomic E-state index is 0.135. The van der Waals surface area contributed by atoms with E-state index in [0.717, 1.165) is 16.7 Å². The van der Waals surface area contributed by atoms with Crippen LogP contribution in [0.4, 0.5) is 5.69 Å². The van der Waals surface area contributed by atoms with Crippen LogP contribution in [0.25, 0.3) is 0 Å². The summed E-state index contributed by atoms with van der Waals surface area (Å²) in [6.45, 7) is 6.71. The Hall–Kier alpha value is -0.910. The monoisotopic (exact) mass is 325 g/mol. The Morgan fingerprint density at radius 2 is 2.16 bits per heavy atom. The second kappa shape index (κ2) is 6.03. The van der Waals surface area contributed by atoms with Gasteiger partial charge in [0.15, 0.2) is 0 Å². The molecule has 1 aromatic carbocycles. The molecule has 19 heavy (non-hydrogen) atoms. The van der Waals surface area contributed by atoms with Gasteiger partial charge in [-0.3, -0.25) is 9.69 Å². The van der Waals surface area contributed by atoms with Gasteiger partial charge in [-0.25, -0.2) is 0 Å². The van der Waals surface area contributed by atoms with E-state index in [-0.39, 0.29) is 11.9 Å². The minimum absolute atomic E-state index is 0.135. The molecule has 0 radical (unpaired) electrons. The van der Waals surface area contributed by atoms with E-state index in [4.69, 9.17) is 5.73 Å². The average Bonchev–Trinajstić information content (AvgIpc) is 2.38. The number of piperazine rings is 1. The van der Waals surface area contributed by atoms with Crippen LogP contribution in [0.1, 0.15) is 12.5 Å². The van der Waals surface area contributed by atoms with Crippen molar-refractivity contribution in [1.82, 2.24) is 4.90 Å². The number of benzene rings is 1. The van der Waals surface area contributed by atoms with E-state index >= 15 is 0 Å². The van der Waals surface area contributed by atoms with E-state index < -0.39 is 0 Å². The molecule has 0 spiro atoms. The molecule has 0 aliphatic carbocycles. The Labute approximate surface area is 122 Å². The predicted octanol–water partition coefficient (Wildman–Crippen LogP) is 1.75. The van der Waals surface area contributed by atoms with Crippen LogP contribution < -0.4 is 10.6 Å². The number of anilines is 1. The Kier molecular flexibility index (Phi) is 4.60. The van der Waals surface area contributed by atoms with E-state index in [1.54, 1.807) is 0 Å². The summed E-state index contributed by atoms with van der Waals surface area (Å²) in [5.41, 5.74) is 7.79. The standard InChI is InChI=1S/C14H20BrN3O/c1-10-3-4-13(12(15)7-10)18-6-5-17(9-14(18)19)11(2)8-16/h3-4,7,11H,5-6,8-9,16H2,1-2H3. The molecule has 0 aromatic heterocycles. The molecule has 1 unspecified atom stereocenters. The summed E-state index contributed by atoms with van der Waals surface area (Å²) in [6.07, 6.45) is 0. The van der Waals surface area contributed by atoms with Crippen LogP contribution in [-0.2, 0) is 4.79 Å². The first kappa shape index (κ1) is 14.5. The molecule has 1 fully saturated rings. The third kappa shape index (κ3) is 3.16. The number of halogens is 1. The Bertz CT molecular complexity index is 478. The molecular formula is C14H20BrN3O. The molecule has 1 aliphatic heterocycles. The molecule has 2 rings (SSSR count). The Morgan fingerprint density at radius 3 is 2.74 bits per heavy atom. The number of carbonyl (C=O) groups excluding carboxylic acids is 1. The van der Waals surface area contributed by atoms with Crippen LogP contribution in [0.2, 0.25) is 0 Å². The lowest BCUT2D eigenvalue weighted by Gasteiger charge is -2.37. The third-order valence-electron chi connectivity index (χ3n) is 3.61. The normalized spacial score (nSPS) is 18.7. The summed E-state index contributed by atoms with van der Waals surface area (Å²) in [4.78, 5) is 16.3. The van der Waals surface area contributed by atoms with Crippen molar-refractivity contribution in [2.45, 2.75) is 19.9 Å². The molecular weight excluding hydrogens is 306 g/mol. The summed E-state index contributed by atoms with van der Waals surface area (Å²) in [5.74, 6) is 0.135. The van der Waals surface area contributed by atoms with Crippen molar-refractivity contribution in [1.29, 1.82) is 0 Å². The van der Waals surface area contributed by atoms with Gasteiger partial charge in [0.2, 0.25) is 5.91 Å². The summed E-state index contributed by atoms with van der Waals surface area (Å²) in [6, 6.07) is 6.33. The lowest BCUT2D eigenvalue weighted by Crippen LogP contribution is -2.54. The molecule has 1 atom stereocenters. The van der Waals surface area contributed by atoms with Crippen LogP contribution in [-0.4, -0.2) is 43.0 Å². The van der Waals surface area contributed by atoms with Crippen molar-refractivity contribution in [3.05, 3.63) is 28.2 Å². The fourth-order valence-corrected chi connectivity index (χ4v) is 3.01. The molecule has 2 N–H and O–H groups in total. The molecule has 104 valence electrons. The van der Waals surface area contributed by atoms with Crippen LogP contribution >= 0.6 is 15.9 Å². The number of rotatable bonds is 3. The first-order valence-electron chi connectivity index (χ1n) is 6.53.